The Balaban J connectivity index is 1.72. The summed E-state index contributed by atoms with van der Waals surface area (Å²) in [7, 11) is 0. The van der Waals surface area contributed by atoms with Gasteiger partial charge >= 0.3 is 0 Å². The Morgan fingerprint density at radius 2 is 1.56 bits per heavy atom. The van der Waals surface area contributed by atoms with E-state index in [4.69, 9.17) is 5.73 Å². The van der Waals surface area contributed by atoms with Crippen LogP contribution >= 0.6 is 0 Å². The second kappa shape index (κ2) is 4.22. The fourth-order valence-corrected chi connectivity index (χ4v) is 5.47. The van der Waals surface area contributed by atoms with Crippen molar-refractivity contribution in [2.45, 2.75) is 64.5 Å². The molecule has 0 aromatic heterocycles. The molecule has 2 atom stereocenters. The summed E-state index contributed by atoms with van der Waals surface area (Å²) in [5.41, 5.74) is 5.92. The molecule has 4 saturated carbocycles. The van der Waals surface area contributed by atoms with E-state index >= 15 is 0 Å². The first-order valence-corrected chi connectivity index (χ1v) is 7.63. The van der Waals surface area contributed by atoms with E-state index in [0.29, 0.717) is 11.5 Å². The number of hydrogen-bond donors (Lipinski definition) is 2. The highest BCUT2D eigenvalue weighted by Crippen LogP contribution is 2.60. The van der Waals surface area contributed by atoms with Crippen LogP contribution in [0.15, 0.2) is 0 Å². The van der Waals surface area contributed by atoms with Crippen LogP contribution in [0, 0.1) is 23.2 Å². The highest BCUT2D eigenvalue weighted by Gasteiger charge is 2.54. The van der Waals surface area contributed by atoms with Gasteiger partial charge in [-0.15, -0.1) is 0 Å². The molecule has 0 heterocycles. The number of rotatable bonds is 4. The van der Waals surface area contributed by atoms with Crippen LogP contribution in [-0.2, 0) is 4.79 Å². The molecular weight excluding hydrogens is 224 g/mol. The Bertz CT molecular complexity index is 317. The van der Waals surface area contributed by atoms with Gasteiger partial charge in [0.1, 0.15) is 0 Å². The third kappa shape index (κ3) is 1.97. The first-order valence-electron chi connectivity index (χ1n) is 7.63. The third-order valence-corrected chi connectivity index (χ3v) is 6.08. The van der Waals surface area contributed by atoms with Crippen molar-refractivity contribution in [3.8, 4) is 0 Å². The molecule has 0 aliphatic heterocycles. The Kier molecular flexibility index (Phi) is 2.92. The molecule has 4 fully saturated rings. The highest BCUT2D eigenvalue weighted by atomic mass is 16.1. The van der Waals surface area contributed by atoms with E-state index in [0.717, 1.165) is 17.8 Å². The summed E-state index contributed by atoms with van der Waals surface area (Å²) < 4.78 is 0. The van der Waals surface area contributed by atoms with Crippen LogP contribution < -0.4 is 11.1 Å². The van der Waals surface area contributed by atoms with Crippen molar-refractivity contribution >= 4 is 5.91 Å². The van der Waals surface area contributed by atoms with Crippen molar-refractivity contribution in [3.05, 3.63) is 0 Å². The van der Waals surface area contributed by atoms with Gasteiger partial charge in [-0.3, -0.25) is 4.79 Å². The minimum Gasteiger partial charge on any atom is -0.365 e. The molecule has 0 aromatic rings. The molecule has 0 radical (unpaired) electrons. The fourth-order valence-electron chi connectivity index (χ4n) is 5.47. The van der Waals surface area contributed by atoms with Gasteiger partial charge < -0.3 is 11.1 Å². The van der Waals surface area contributed by atoms with Crippen molar-refractivity contribution < 1.29 is 10.1 Å². The molecule has 4 N–H and O–H groups in total. The quantitative estimate of drug-likeness (QED) is 0.770. The average molecular weight is 251 g/mol. The van der Waals surface area contributed by atoms with Gasteiger partial charge in [0.05, 0.1) is 6.04 Å². The van der Waals surface area contributed by atoms with Gasteiger partial charge in [0.25, 0.3) is 5.91 Å². The summed E-state index contributed by atoms with van der Waals surface area (Å²) in [6.07, 6.45) is 8.67. The molecule has 3 nitrogen and oxygen atoms in total. The summed E-state index contributed by atoms with van der Waals surface area (Å²) in [4.78, 5) is 11.3. The first kappa shape index (κ1) is 12.5. The number of hydrogen-bond acceptors (Lipinski definition) is 1. The molecule has 18 heavy (non-hydrogen) atoms. The van der Waals surface area contributed by atoms with Gasteiger partial charge in [-0.05, 0) is 70.1 Å². The lowest BCUT2D eigenvalue weighted by molar-refractivity contribution is -0.718. The van der Waals surface area contributed by atoms with E-state index in [9.17, 15) is 4.79 Å². The SMILES string of the molecule is C[C@H]([NH2+][C@H](C)C(N)=O)C12CC3CC(CC(C3)C1)C2. The van der Waals surface area contributed by atoms with Crippen LogP contribution in [0.3, 0.4) is 0 Å². The van der Waals surface area contributed by atoms with Gasteiger partial charge in [-0.2, -0.15) is 0 Å². The largest absolute Gasteiger partial charge is 0.365 e. The van der Waals surface area contributed by atoms with Crippen LogP contribution in [0.2, 0.25) is 0 Å². The highest BCUT2D eigenvalue weighted by molar-refractivity contribution is 5.77. The van der Waals surface area contributed by atoms with Crippen molar-refractivity contribution in [1.82, 2.24) is 0 Å². The number of quaternary nitrogens is 1. The van der Waals surface area contributed by atoms with E-state index in [-0.39, 0.29) is 11.9 Å². The molecule has 0 saturated heterocycles. The number of amides is 1. The van der Waals surface area contributed by atoms with Crippen molar-refractivity contribution in [1.29, 1.82) is 0 Å². The monoisotopic (exact) mass is 251 g/mol. The normalized spacial score (nSPS) is 44.9. The molecule has 3 heteroatoms. The molecule has 1 amide bonds. The molecule has 4 aliphatic rings. The molecule has 0 aromatic carbocycles. The van der Waals surface area contributed by atoms with Gasteiger partial charge in [-0.25, -0.2) is 0 Å². The Labute approximate surface area is 110 Å². The van der Waals surface area contributed by atoms with Crippen LogP contribution in [0.4, 0.5) is 0 Å². The van der Waals surface area contributed by atoms with E-state index < -0.39 is 0 Å². The predicted octanol–water partition coefficient (Wildman–Crippen LogP) is 1.03. The lowest BCUT2D eigenvalue weighted by Gasteiger charge is -2.58. The Morgan fingerprint density at radius 1 is 1.11 bits per heavy atom. The average Bonchev–Trinajstić information content (AvgIpc) is 2.26. The standard InChI is InChI=1S/C15H26N2O/c1-9(14(16)18)17-10(2)15-6-11-3-12(7-15)5-13(4-11)8-15/h9-13,17H,3-8H2,1-2H3,(H2,16,18)/p+1/t9-,10+,11?,12?,13?,15?/m1/s1. The van der Waals surface area contributed by atoms with E-state index in [1.165, 1.54) is 38.5 Å². The maximum Gasteiger partial charge on any atom is 0.275 e. The summed E-state index contributed by atoms with van der Waals surface area (Å²) in [5.74, 6) is 2.77. The minimum atomic E-state index is -0.174. The zero-order valence-electron chi connectivity index (χ0n) is 11.7. The molecule has 4 rings (SSSR count). The second-order valence-electron chi connectivity index (χ2n) is 7.45. The van der Waals surface area contributed by atoms with Crippen LogP contribution in [-0.4, -0.2) is 18.0 Å². The topological polar surface area (TPSA) is 59.7 Å². The predicted molar refractivity (Wildman–Crippen MR) is 70.6 cm³/mol. The van der Waals surface area contributed by atoms with Crippen LogP contribution in [0.5, 0.6) is 0 Å². The Morgan fingerprint density at radius 3 is 1.94 bits per heavy atom. The number of nitrogens with two attached hydrogens (primary N) is 2. The number of primary amides is 1. The minimum absolute atomic E-state index is 0.0759. The van der Waals surface area contributed by atoms with Gasteiger partial charge in [0.2, 0.25) is 0 Å². The smallest absolute Gasteiger partial charge is 0.275 e. The van der Waals surface area contributed by atoms with Crippen molar-refractivity contribution in [3.63, 3.8) is 0 Å². The Hall–Kier alpha value is -0.570. The summed E-state index contributed by atoms with van der Waals surface area (Å²) >= 11 is 0. The number of carbonyl (C=O) groups is 1. The second-order valence-corrected chi connectivity index (χ2v) is 7.45. The zero-order valence-corrected chi connectivity index (χ0v) is 11.7. The fraction of sp³-hybridized carbons (Fsp3) is 0.933. The van der Waals surface area contributed by atoms with E-state index in [1.54, 1.807) is 0 Å². The molecular formula is C15H27N2O+. The molecule has 4 bridgehead atoms. The zero-order chi connectivity index (χ0) is 12.9. The molecule has 102 valence electrons. The van der Waals surface area contributed by atoms with E-state index in [2.05, 4.69) is 12.2 Å². The van der Waals surface area contributed by atoms with Crippen molar-refractivity contribution in [2.24, 2.45) is 28.9 Å². The van der Waals surface area contributed by atoms with Gasteiger partial charge in [-0.1, -0.05) is 0 Å². The maximum absolute atomic E-state index is 11.3. The molecule has 0 spiro atoms. The first-order chi connectivity index (χ1) is 8.48. The molecule has 0 unspecified atom stereocenters. The van der Waals surface area contributed by atoms with Crippen LogP contribution in [0.1, 0.15) is 52.4 Å². The maximum atomic E-state index is 11.3. The van der Waals surface area contributed by atoms with Crippen LogP contribution in [0.25, 0.3) is 0 Å². The molecule has 4 aliphatic carbocycles. The third-order valence-electron chi connectivity index (χ3n) is 6.08. The summed E-state index contributed by atoms with van der Waals surface area (Å²) in [5, 5.41) is 2.23. The van der Waals surface area contributed by atoms with E-state index in [1.807, 2.05) is 6.92 Å². The summed E-state index contributed by atoms with van der Waals surface area (Å²) in [6.45, 7) is 4.27. The lowest BCUT2D eigenvalue weighted by atomic mass is 9.48. The van der Waals surface area contributed by atoms with Gasteiger partial charge in [0, 0.05) is 5.41 Å². The summed E-state index contributed by atoms with van der Waals surface area (Å²) in [6, 6.07) is 0.474. The number of carbonyl (C=O) groups excluding carboxylic acids is 1. The van der Waals surface area contributed by atoms with Crippen molar-refractivity contribution in [2.75, 3.05) is 0 Å². The van der Waals surface area contributed by atoms with Gasteiger partial charge in [0.15, 0.2) is 6.04 Å². The lowest BCUT2D eigenvalue weighted by Crippen LogP contribution is -2.98.